The van der Waals surface area contributed by atoms with Crippen molar-refractivity contribution in [2.24, 2.45) is 23.2 Å². The van der Waals surface area contributed by atoms with E-state index in [1.807, 2.05) is 49.9 Å². The number of amides is 3. The van der Waals surface area contributed by atoms with Crippen molar-refractivity contribution in [3.05, 3.63) is 49.6 Å². The molecule has 1 spiro atoms. The van der Waals surface area contributed by atoms with Gasteiger partial charge in [0.05, 0.1) is 35.8 Å². The first-order chi connectivity index (χ1) is 21.9. The number of aliphatic hydroxyl groups is 1. The monoisotopic (exact) mass is 667 g/mol. The number of thioether (sulfide) groups is 1. The van der Waals surface area contributed by atoms with Crippen LogP contribution in [-0.4, -0.2) is 86.0 Å². The minimum Gasteiger partial charge on any atom is -0.494 e. The highest BCUT2D eigenvalue weighted by Gasteiger charge is 2.78. The van der Waals surface area contributed by atoms with Crippen molar-refractivity contribution in [1.82, 2.24) is 9.80 Å². The van der Waals surface area contributed by atoms with Crippen molar-refractivity contribution < 1.29 is 24.2 Å². The van der Waals surface area contributed by atoms with E-state index in [4.69, 9.17) is 4.74 Å². The Morgan fingerprint density at radius 2 is 1.70 bits per heavy atom. The Bertz CT molecular complexity index is 1350. The first kappa shape index (κ1) is 37.0. The molecule has 3 fully saturated rings. The van der Waals surface area contributed by atoms with Gasteiger partial charge in [-0.15, -0.1) is 24.9 Å². The Labute approximate surface area is 287 Å². The third kappa shape index (κ3) is 6.63. The normalized spacial score (nSPS) is 27.5. The van der Waals surface area contributed by atoms with Crippen LogP contribution in [0.5, 0.6) is 5.75 Å². The average molecular weight is 668 g/mol. The first-order valence-corrected chi connectivity index (χ1v) is 18.0. The van der Waals surface area contributed by atoms with Crippen LogP contribution >= 0.6 is 11.8 Å². The highest BCUT2D eigenvalue weighted by atomic mass is 32.2. The molecule has 47 heavy (non-hydrogen) atoms. The Kier molecular flexibility index (Phi) is 10.7. The van der Waals surface area contributed by atoms with Crippen molar-refractivity contribution in [2.75, 3.05) is 31.2 Å². The number of likely N-dealkylation sites (tertiary alicyclic amines) is 1. The molecule has 1 aromatic rings. The minimum absolute atomic E-state index is 0.0538. The van der Waals surface area contributed by atoms with E-state index in [1.165, 1.54) is 0 Å². The van der Waals surface area contributed by atoms with Gasteiger partial charge >= 0.3 is 0 Å². The second-order valence-electron chi connectivity index (χ2n) is 15.9. The molecule has 4 rings (SSSR count). The van der Waals surface area contributed by atoms with Gasteiger partial charge in [0.2, 0.25) is 17.7 Å². The SMILES string of the molecule is C=CCN(C(=O)[C@H]1[C@H]2C(=O)N([C@@H](CO)C(C)C)C(C(=O)N(CC=C)C(C)(C)CC(C)(C)C)C23CC[C@]1(C)S3)c1ccc(OCC)cc1. The zero-order valence-corrected chi connectivity index (χ0v) is 30.9. The van der Waals surface area contributed by atoms with Gasteiger partial charge in [-0.25, -0.2) is 0 Å². The summed E-state index contributed by atoms with van der Waals surface area (Å²) in [4.78, 5) is 50.3. The van der Waals surface area contributed by atoms with E-state index < -0.39 is 39.0 Å². The fourth-order valence-corrected chi connectivity index (χ4v) is 11.1. The number of hydrogen-bond donors (Lipinski definition) is 1. The molecule has 3 aliphatic heterocycles. The molecule has 2 bridgehead atoms. The third-order valence-corrected chi connectivity index (χ3v) is 12.3. The average Bonchev–Trinajstić information content (AvgIpc) is 3.54. The Hall–Kier alpha value is -2.78. The number of fused-ring (bicyclic) bond motifs is 1. The quantitative estimate of drug-likeness (QED) is 0.233. The molecule has 1 N–H and O–H groups in total. The fourth-order valence-electron chi connectivity index (χ4n) is 8.81. The predicted octanol–water partition coefficient (Wildman–Crippen LogP) is 6.33. The molecule has 0 saturated carbocycles. The number of anilines is 1. The van der Waals surface area contributed by atoms with Crippen LogP contribution in [0.2, 0.25) is 0 Å². The van der Waals surface area contributed by atoms with Gasteiger partial charge in [0, 0.05) is 29.1 Å². The molecule has 3 saturated heterocycles. The van der Waals surface area contributed by atoms with Gasteiger partial charge in [-0.1, -0.05) is 46.8 Å². The van der Waals surface area contributed by atoms with E-state index >= 15 is 4.79 Å². The van der Waals surface area contributed by atoms with Gasteiger partial charge in [-0.05, 0) is 82.6 Å². The van der Waals surface area contributed by atoms with Gasteiger partial charge in [0.15, 0.2) is 0 Å². The molecule has 0 aliphatic carbocycles. The van der Waals surface area contributed by atoms with E-state index in [0.717, 1.165) is 6.42 Å². The smallest absolute Gasteiger partial charge is 0.247 e. The maximum Gasteiger partial charge on any atom is 0.247 e. The predicted molar refractivity (Wildman–Crippen MR) is 192 cm³/mol. The van der Waals surface area contributed by atoms with Gasteiger partial charge in [-0.2, -0.15) is 0 Å². The number of carbonyl (C=O) groups is 3. The van der Waals surface area contributed by atoms with Crippen molar-refractivity contribution >= 4 is 35.2 Å². The summed E-state index contributed by atoms with van der Waals surface area (Å²) in [6.45, 7) is 27.4. The number of nitrogens with zero attached hydrogens (tertiary/aromatic N) is 3. The molecule has 260 valence electrons. The van der Waals surface area contributed by atoms with Crippen LogP contribution in [-0.2, 0) is 14.4 Å². The number of rotatable bonds is 14. The summed E-state index contributed by atoms with van der Waals surface area (Å²) >= 11 is 1.66. The molecule has 9 heteroatoms. The topological polar surface area (TPSA) is 90.4 Å². The van der Waals surface area contributed by atoms with Crippen molar-refractivity contribution in [1.29, 1.82) is 0 Å². The molecule has 3 amide bonds. The van der Waals surface area contributed by atoms with Gasteiger partial charge in [0.25, 0.3) is 0 Å². The number of ether oxygens (including phenoxy) is 1. The van der Waals surface area contributed by atoms with Crippen molar-refractivity contribution in [3.63, 3.8) is 0 Å². The van der Waals surface area contributed by atoms with E-state index in [9.17, 15) is 14.7 Å². The molecule has 2 unspecified atom stereocenters. The molecule has 6 atom stereocenters. The molecule has 8 nitrogen and oxygen atoms in total. The summed E-state index contributed by atoms with van der Waals surface area (Å²) in [5.74, 6) is -1.21. The summed E-state index contributed by atoms with van der Waals surface area (Å²) in [5.41, 5.74) is 0.117. The lowest BCUT2D eigenvalue weighted by molar-refractivity contribution is -0.150. The Morgan fingerprint density at radius 1 is 1.09 bits per heavy atom. The number of benzene rings is 1. The van der Waals surface area contributed by atoms with Gasteiger partial charge in [-0.3, -0.25) is 14.4 Å². The summed E-state index contributed by atoms with van der Waals surface area (Å²) < 4.78 is 4.29. The highest BCUT2D eigenvalue weighted by Crippen LogP contribution is 2.72. The zero-order valence-electron chi connectivity index (χ0n) is 30.0. The van der Waals surface area contributed by atoms with E-state index in [2.05, 4.69) is 54.7 Å². The molecule has 1 aromatic carbocycles. The van der Waals surface area contributed by atoms with Gasteiger partial charge in [0.1, 0.15) is 11.8 Å². The van der Waals surface area contributed by atoms with Crippen LogP contribution < -0.4 is 9.64 Å². The van der Waals surface area contributed by atoms with Crippen LogP contribution in [0.15, 0.2) is 49.6 Å². The van der Waals surface area contributed by atoms with E-state index in [1.54, 1.807) is 33.7 Å². The van der Waals surface area contributed by atoms with Crippen molar-refractivity contribution in [2.45, 2.75) is 109 Å². The minimum atomic E-state index is -0.818. The zero-order chi connectivity index (χ0) is 35.1. The van der Waals surface area contributed by atoms with Crippen LogP contribution in [0.3, 0.4) is 0 Å². The maximum atomic E-state index is 15.2. The van der Waals surface area contributed by atoms with E-state index in [0.29, 0.717) is 37.4 Å². The summed E-state index contributed by atoms with van der Waals surface area (Å²) in [6, 6.07) is 6.05. The van der Waals surface area contributed by atoms with Crippen LogP contribution in [0.1, 0.15) is 81.6 Å². The summed E-state index contributed by atoms with van der Waals surface area (Å²) in [7, 11) is 0. The Morgan fingerprint density at radius 3 is 2.21 bits per heavy atom. The third-order valence-electron chi connectivity index (χ3n) is 10.3. The fraction of sp³-hybridized carbons (Fsp3) is 0.658. The lowest BCUT2D eigenvalue weighted by atomic mass is 9.66. The number of hydrogen-bond acceptors (Lipinski definition) is 6. The highest BCUT2D eigenvalue weighted by molar-refractivity contribution is 8.02. The molecular formula is C38H57N3O5S. The standard InChI is InChI=1S/C38H57N3O5S/c1-12-21-39(26-15-17-27(18-16-26)46-14-3)32(43)29-30-33(44)41(28(23-42)25(4)5)31(38(30)20-19-37(29,11)47-38)34(45)40(22-13-2)36(9,10)24-35(6,7)8/h12-13,15-18,25,28-31,42H,1-2,14,19-24H2,3-11H3/t28-,29+,30-,31?,37-,38?/m0/s1. The first-order valence-electron chi connectivity index (χ1n) is 17.1. The molecule has 3 aliphatic rings. The molecule has 3 heterocycles. The largest absolute Gasteiger partial charge is 0.494 e. The van der Waals surface area contributed by atoms with Gasteiger partial charge < -0.3 is 24.5 Å². The number of aliphatic hydroxyl groups excluding tert-OH is 1. The molecule has 0 aromatic heterocycles. The van der Waals surface area contributed by atoms with Crippen molar-refractivity contribution in [3.8, 4) is 5.75 Å². The second-order valence-corrected chi connectivity index (χ2v) is 17.8. The maximum absolute atomic E-state index is 15.2. The molecular weight excluding hydrogens is 611 g/mol. The molecule has 0 radical (unpaired) electrons. The second kappa shape index (κ2) is 13.6. The van der Waals surface area contributed by atoms with Crippen LogP contribution in [0.4, 0.5) is 5.69 Å². The lowest BCUT2D eigenvalue weighted by Gasteiger charge is -2.47. The van der Waals surface area contributed by atoms with E-state index in [-0.39, 0.29) is 42.2 Å². The lowest BCUT2D eigenvalue weighted by Crippen LogP contribution is -2.62. The Balaban J connectivity index is 1.85. The van der Waals surface area contributed by atoms with Crippen LogP contribution in [0, 0.1) is 23.2 Å². The summed E-state index contributed by atoms with van der Waals surface area (Å²) in [5, 5.41) is 10.7. The van der Waals surface area contributed by atoms with Crippen LogP contribution in [0.25, 0.3) is 0 Å². The summed E-state index contributed by atoms with van der Waals surface area (Å²) in [6.07, 6.45) is 5.55. The number of carbonyl (C=O) groups excluding carboxylic acids is 3.